The lowest BCUT2D eigenvalue weighted by molar-refractivity contribution is 0.458. The van der Waals surface area contributed by atoms with E-state index in [1.807, 2.05) is 0 Å². The van der Waals surface area contributed by atoms with Crippen LogP contribution in [0.1, 0.15) is 6.42 Å². The van der Waals surface area contributed by atoms with Crippen LogP contribution in [0.15, 0.2) is 27.6 Å². The first-order chi connectivity index (χ1) is 8.45. The van der Waals surface area contributed by atoms with E-state index in [1.54, 1.807) is 7.05 Å². The van der Waals surface area contributed by atoms with Crippen molar-refractivity contribution < 1.29 is 12.8 Å². The molecule has 0 spiro atoms. The van der Waals surface area contributed by atoms with E-state index >= 15 is 0 Å². The van der Waals surface area contributed by atoms with E-state index in [-0.39, 0.29) is 10.9 Å². The fourth-order valence-electron chi connectivity index (χ4n) is 2.01. The Kier molecular flexibility index (Phi) is 4.05. The van der Waals surface area contributed by atoms with E-state index in [1.165, 1.54) is 22.5 Å². The number of hydrogen-bond donors (Lipinski definition) is 1. The molecule has 2 rings (SSSR count). The highest BCUT2D eigenvalue weighted by Gasteiger charge is 2.33. The van der Waals surface area contributed by atoms with Crippen molar-refractivity contribution >= 4 is 26.0 Å². The molecule has 1 aromatic carbocycles. The van der Waals surface area contributed by atoms with E-state index in [0.717, 1.165) is 6.42 Å². The average molecular weight is 337 g/mol. The third kappa shape index (κ3) is 2.59. The smallest absolute Gasteiger partial charge is 0.246 e. The Hall–Kier alpha value is -0.500. The zero-order chi connectivity index (χ0) is 13.3. The summed E-state index contributed by atoms with van der Waals surface area (Å²) in [5.74, 6) is -0.725. The summed E-state index contributed by atoms with van der Waals surface area (Å²) in [7, 11) is -1.94. The SMILES string of the molecule is CNC1CCN(S(=O)(=O)c2ccc(Br)cc2F)C1. The largest absolute Gasteiger partial charge is 0.316 e. The molecular formula is C11H14BrFN2O2S. The number of rotatable bonds is 3. The normalized spacial score (nSPS) is 21.4. The molecule has 18 heavy (non-hydrogen) atoms. The van der Waals surface area contributed by atoms with Crippen molar-refractivity contribution in [3.05, 3.63) is 28.5 Å². The molecule has 100 valence electrons. The molecule has 1 atom stereocenters. The molecule has 1 N–H and O–H groups in total. The summed E-state index contributed by atoms with van der Waals surface area (Å²) in [5.41, 5.74) is 0. The predicted octanol–water partition coefficient (Wildman–Crippen LogP) is 1.57. The third-order valence-electron chi connectivity index (χ3n) is 3.07. The molecule has 1 aliphatic heterocycles. The highest BCUT2D eigenvalue weighted by molar-refractivity contribution is 9.10. The van der Waals surface area contributed by atoms with Gasteiger partial charge in [0.15, 0.2) is 0 Å². The van der Waals surface area contributed by atoms with Gasteiger partial charge in [0.2, 0.25) is 10.0 Å². The molecule has 0 bridgehead atoms. The molecule has 0 amide bonds. The second-order valence-corrected chi connectivity index (χ2v) is 7.03. The molecular weight excluding hydrogens is 323 g/mol. The van der Waals surface area contributed by atoms with Crippen LogP contribution in [-0.4, -0.2) is 38.9 Å². The second kappa shape index (κ2) is 5.24. The highest BCUT2D eigenvalue weighted by Crippen LogP contribution is 2.25. The fraction of sp³-hybridized carbons (Fsp3) is 0.455. The number of hydrogen-bond acceptors (Lipinski definition) is 3. The lowest BCUT2D eigenvalue weighted by atomic mass is 10.3. The molecule has 1 fully saturated rings. The number of nitrogens with zero attached hydrogens (tertiary/aromatic N) is 1. The second-order valence-electron chi connectivity index (χ2n) is 4.21. The molecule has 7 heteroatoms. The molecule has 0 aromatic heterocycles. The van der Waals surface area contributed by atoms with E-state index in [9.17, 15) is 12.8 Å². The van der Waals surface area contributed by atoms with Crippen LogP contribution >= 0.6 is 15.9 Å². The van der Waals surface area contributed by atoms with Gasteiger partial charge in [0.05, 0.1) is 0 Å². The maximum absolute atomic E-state index is 13.7. The van der Waals surface area contributed by atoms with Gasteiger partial charge in [-0.25, -0.2) is 12.8 Å². The van der Waals surface area contributed by atoms with Crippen LogP contribution in [0.25, 0.3) is 0 Å². The summed E-state index contributed by atoms with van der Waals surface area (Å²) < 4.78 is 40.1. The highest BCUT2D eigenvalue weighted by atomic mass is 79.9. The van der Waals surface area contributed by atoms with Gasteiger partial charge in [-0.3, -0.25) is 0 Å². The zero-order valence-corrected chi connectivity index (χ0v) is 12.3. The fourth-order valence-corrected chi connectivity index (χ4v) is 3.88. The Morgan fingerprint density at radius 1 is 1.50 bits per heavy atom. The van der Waals surface area contributed by atoms with Gasteiger partial charge in [0.1, 0.15) is 10.7 Å². The maximum atomic E-state index is 13.7. The van der Waals surface area contributed by atoms with Crippen molar-refractivity contribution in [1.82, 2.24) is 9.62 Å². The van der Waals surface area contributed by atoms with Crippen LogP contribution in [0.5, 0.6) is 0 Å². The molecule has 4 nitrogen and oxygen atoms in total. The van der Waals surface area contributed by atoms with Gasteiger partial charge in [-0.15, -0.1) is 0 Å². The molecule has 1 unspecified atom stereocenters. The van der Waals surface area contributed by atoms with Gasteiger partial charge < -0.3 is 5.32 Å². The van der Waals surface area contributed by atoms with E-state index in [0.29, 0.717) is 17.6 Å². The summed E-state index contributed by atoms with van der Waals surface area (Å²) >= 11 is 3.11. The summed E-state index contributed by atoms with van der Waals surface area (Å²) in [4.78, 5) is -0.262. The predicted molar refractivity (Wildman–Crippen MR) is 70.3 cm³/mol. The van der Waals surface area contributed by atoms with Crippen molar-refractivity contribution in [3.8, 4) is 0 Å². The number of sulfonamides is 1. The van der Waals surface area contributed by atoms with Gasteiger partial charge >= 0.3 is 0 Å². The van der Waals surface area contributed by atoms with E-state index < -0.39 is 15.8 Å². The van der Waals surface area contributed by atoms with Crippen molar-refractivity contribution in [2.45, 2.75) is 17.4 Å². The molecule has 1 aromatic rings. The molecule has 0 aliphatic carbocycles. The first kappa shape index (κ1) is 13.9. The topological polar surface area (TPSA) is 49.4 Å². The summed E-state index contributed by atoms with van der Waals surface area (Å²) in [6, 6.07) is 4.12. The van der Waals surface area contributed by atoms with Crippen LogP contribution in [0.3, 0.4) is 0 Å². The maximum Gasteiger partial charge on any atom is 0.246 e. The van der Waals surface area contributed by atoms with E-state index in [4.69, 9.17) is 0 Å². The molecule has 0 saturated carbocycles. The lowest BCUT2D eigenvalue weighted by Crippen LogP contribution is -2.33. The number of likely N-dealkylation sites (N-methyl/N-ethyl adjacent to an activating group) is 1. The molecule has 0 radical (unpaired) electrons. The first-order valence-corrected chi connectivity index (χ1v) is 7.81. The molecule has 1 heterocycles. The summed E-state index contributed by atoms with van der Waals surface area (Å²) in [5, 5.41) is 3.03. The quantitative estimate of drug-likeness (QED) is 0.911. The van der Waals surface area contributed by atoms with Crippen molar-refractivity contribution in [3.63, 3.8) is 0 Å². The Labute approximate surface area is 114 Å². The molecule has 1 saturated heterocycles. The van der Waals surface area contributed by atoms with Crippen LogP contribution in [0.4, 0.5) is 4.39 Å². The standard InChI is InChI=1S/C11H14BrFN2O2S/c1-14-9-4-5-15(7-9)18(16,17)11-3-2-8(12)6-10(11)13/h2-3,6,9,14H,4-5,7H2,1H3. The Morgan fingerprint density at radius 3 is 2.78 bits per heavy atom. The van der Waals surface area contributed by atoms with Crippen molar-refractivity contribution in [1.29, 1.82) is 0 Å². The average Bonchev–Trinajstić information content (AvgIpc) is 2.77. The van der Waals surface area contributed by atoms with Gasteiger partial charge in [-0.05, 0) is 31.7 Å². The first-order valence-electron chi connectivity index (χ1n) is 5.57. The Bertz CT molecular complexity index is 550. The summed E-state index contributed by atoms with van der Waals surface area (Å²) in [6.07, 6.45) is 0.744. The van der Waals surface area contributed by atoms with E-state index in [2.05, 4.69) is 21.2 Å². The van der Waals surface area contributed by atoms with Gasteiger partial charge in [0, 0.05) is 23.6 Å². The van der Waals surface area contributed by atoms with Crippen LogP contribution in [0, 0.1) is 5.82 Å². The third-order valence-corrected chi connectivity index (χ3v) is 5.46. The van der Waals surface area contributed by atoms with Gasteiger partial charge in [-0.2, -0.15) is 4.31 Å². The Balaban J connectivity index is 2.31. The van der Waals surface area contributed by atoms with Crippen molar-refractivity contribution in [2.24, 2.45) is 0 Å². The number of nitrogens with one attached hydrogen (secondary N) is 1. The van der Waals surface area contributed by atoms with Gasteiger partial charge in [0.25, 0.3) is 0 Å². The van der Waals surface area contributed by atoms with Gasteiger partial charge in [-0.1, -0.05) is 15.9 Å². The van der Waals surface area contributed by atoms with Crippen LogP contribution in [-0.2, 0) is 10.0 Å². The number of halogens is 2. The number of benzene rings is 1. The monoisotopic (exact) mass is 336 g/mol. The van der Waals surface area contributed by atoms with Crippen molar-refractivity contribution in [2.75, 3.05) is 20.1 Å². The minimum Gasteiger partial charge on any atom is -0.316 e. The Morgan fingerprint density at radius 2 is 2.22 bits per heavy atom. The minimum absolute atomic E-state index is 0.137. The minimum atomic E-state index is -3.73. The zero-order valence-electron chi connectivity index (χ0n) is 9.86. The lowest BCUT2D eigenvalue weighted by Gasteiger charge is -2.17. The van der Waals surface area contributed by atoms with Crippen LogP contribution < -0.4 is 5.32 Å². The molecule has 1 aliphatic rings. The van der Waals surface area contributed by atoms with Crippen LogP contribution in [0.2, 0.25) is 0 Å². The summed E-state index contributed by atoms with van der Waals surface area (Å²) in [6.45, 7) is 0.803.